The smallest absolute Gasteiger partial charge is 0.271 e. The third-order valence-corrected chi connectivity index (χ3v) is 9.06. The van der Waals surface area contributed by atoms with Crippen LogP contribution in [-0.2, 0) is 0 Å². The van der Waals surface area contributed by atoms with Crippen molar-refractivity contribution in [1.29, 1.82) is 0 Å². The molecule has 0 atom stereocenters. The molecule has 10 nitrogen and oxygen atoms in total. The van der Waals surface area contributed by atoms with Crippen LogP contribution in [0.4, 0.5) is 27.7 Å². The molecule has 1 aromatic heterocycles. The second-order valence-corrected chi connectivity index (χ2v) is 12.5. The van der Waals surface area contributed by atoms with Crippen molar-refractivity contribution in [3.8, 4) is 0 Å². The number of likely N-dealkylation sites (N-methyl/N-ethyl adjacent to an activating group) is 1. The van der Waals surface area contributed by atoms with Gasteiger partial charge in [0.25, 0.3) is 5.91 Å². The maximum Gasteiger partial charge on any atom is 0.271 e. The number of piperazine rings is 1. The number of aryl methyl sites for hydroxylation is 1. The van der Waals surface area contributed by atoms with E-state index in [2.05, 4.69) is 56.4 Å². The van der Waals surface area contributed by atoms with Crippen molar-refractivity contribution >= 4 is 28.9 Å². The number of nitrogens with one attached hydrogen (secondary N) is 2. The number of anilines is 4. The molecule has 0 bridgehead atoms. The molecular formula is C32H53FN8O2. The number of aliphatic hydroxyl groups is 1. The summed E-state index contributed by atoms with van der Waals surface area (Å²) in [6.07, 6.45) is 5.43. The minimum atomic E-state index is -0.606. The van der Waals surface area contributed by atoms with Gasteiger partial charge in [-0.3, -0.25) is 14.4 Å². The van der Waals surface area contributed by atoms with E-state index in [0.29, 0.717) is 17.7 Å². The highest BCUT2D eigenvalue weighted by atomic mass is 19.0. The summed E-state index contributed by atoms with van der Waals surface area (Å²) < 4.78 is 0. The number of primary amides is 1. The maximum atomic E-state index is 12.4. The number of rotatable bonds is 8. The molecule has 1 aliphatic carbocycles. The highest BCUT2D eigenvalue weighted by molar-refractivity contribution is 5.96. The van der Waals surface area contributed by atoms with Crippen LogP contribution in [0.3, 0.4) is 0 Å². The number of benzene rings is 1. The molecule has 0 spiro atoms. The topological polar surface area (TPSA) is 123 Å². The first kappa shape index (κ1) is 34.5. The largest absolute Gasteiger partial charge is 0.393 e. The summed E-state index contributed by atoms with van der Waals surface area (Å²) in [5.41, 5.74) is 9.92. The number of hydrogen-bond donors (Lipinski definition) is 4. The van der Waals surface area contributed by atoms with E-state index in [9.17, 15) is 9.90 Å². The Labute approximate surface area is 256 Å². The minimum Gasteiger partial charge on any atom is -0.393 e. The Bertz CT molecular complexity index is 1200. The van der Waals surface area contributed by atoms with Crippen molar-refractivity contribution in [2.45, 2.75) is 90.8 Å². The Morgan fingerprint density at radius 2 is 1.63 bits per heavy atom. The highest BCUT2D eigenvalue weighted by Gasteiger charge is 2.28. The molecule has 1 amide bonds. The van der Waals surface area contributed by atoms with Gasteiger partial charge in [-0.15, -0.1) is 0 Å². The number of halogens is 1. The van der Waals surface area contributed by atoms with Crippen LogP contribution in [0.15, 0.2) is 18.2 Å². The molecule has 2 saturated heterocycles. The van der Waals surface area contributed by atoms with Gasteiger partial charge in [-0.1, -0.05) is 21.3 Å². The number of nitrogens with zero attached hydrogens (tertiary/aromatic N) is 5. The van der Waals surface area contributed by atoms with Gasteiger partial charge in [-0.25, -0.2) is 9.97 Å². The molecule has 0 radical (unpaired) electrons. The van der Waals surface area contributed by atoms with Crippen LogP contribution in [0, 0.1) is 6.92 Å². The number of carbonyl (C=O) groups excluding carboxylic acids is 1. The maximum absolute atomic E-state index is 12.4. The Kier molecular flexibility index (Phi) is 12.1. The fourth-order valence-corrected chi connectivity index (χ4v) is 6.51. The summed E-state index contributed by atoms with van der Waals surface area (Å²) in [6.45, 7) is 13.0. The van der Waals surface area contributed by atoms with Crippen LogP contribution in [0.1, 0.15) is 87.5 Å². The van der Waals surface area contributed by atoms with Gasteiger partial charge in [0.15, 0.2) is 17.3 Å². The SMILES string of the molecule is C.Cc1cc(Nc2nc(NC3CCC(O)CC3)c(C(C)C)nc2C(N)=O)ccc1N1CCC(N2CCN(C)CC2)CC1.F. The van der Waals surface area contributed by atoms with Gasteiger partial charge in [-0.2, -0.15) is 0 Å². The molecule has 3 heterocycles. The van der Waals surface area contributed by atoms with Gasteiger partial charge in [0.05, 0.1) is 11.8 Å². The zero-order valence-corrected chi connectivity index (χ0v) is 25.6. The van der Waals surface area contributed by atoms with E-state index in [0.717, 1.165) is 63.2 Å². The zero-order valence-electron chi connectivity index (χ0n) is 25.6. The third kappa shape index (κ3) is 8.33. The van der Waals surface area contributed by atoms with Crippen molar-refractivity contribution in [3.05, 3.63) is 35.2 Å². The molecule has 1 saturated carbocycles. The summed E-state index contributed by atoms with van der Waals surface area (Å²) in [5.74, 6) is 0.491. The van der Waals surface area contributed by atoms with Crippen molar-refractivity contribution in [3.63, 3.8) is 0 Å². The summed E-state index contributed by atoms with van der Waals surface area (Å²) >= 11 is 0. The van der Waals surface area contributed by atoms with Crippen LogP contribution in [0.2, 0.25) is 0 Å². The Hall–Kier alpha value is -3.02. The molecule has 43 heavy (non-hydrogen) atoms. The number of aliphatic hydroxyl groups excluding tert-OH is 1. The van der Waals surface area contributed by atoms with Crippen molar-refractivity contribution in [2.24, 2.45) is 5.73 Å². The summed E-state index contributed by atoms with van der Waals surface area (Å²) in [5, 5.41) is 16.8. The lowest BCUT2D eigenvalue weighted by atomic mass is 9.93. The molecule has 0 unspecified atom stereocenters. The van der Waals surface area contributed by atoms with Crippen LogP contribution >= 0.6 is 0 Å². The first-order valence-electron chi connectivity index (χ1n) is 15.4. The molecule has 3 aliphatic rings. The molecule has 2 aliphatic heterocycles. The van der Waals surface area contributed by atoms with Gasteiger partial charge in [0.1, 0.15) is 0 Å². The number of amides is 1. The van der Waals surface area contributed by atoms with Crippen LogP contribution < -0.4 is 21.3 Å². The van der Waals surface area contributed by atoms with Crippen molar-refractivity contribution < 1.29 is 14.6 Å². The second kappa shape index (κ2) is 15.1. The van der Waals surface area contributed by atoms with E-state index in [-0.39, 0.29) is 35.9 Å². The number of hydrogen-bond acceptors (Lipinski definition) is 9. The quantitative estimate of drug-likeness (QED) is 0.348. The molecular weight excluding hydrogens is 547 g/mol. The highest BCUT2D eigenvalue weighted by Crippen LogP contribution is 2.32. The molecule has 1 aromatic carbocycles. The molecule has 2 aromatic rings. The third-order valence-electron chi connectivity index (χ3n) is 9.06. The standard InChI is InChI=1S/C31H48N8O2.CH4.FH/c1-20(2)27-30(33-22-5-8-25(40)9-6-22)36-31(28(35-27)29(32)41)34-23-7-10-26(21(3)19-23)39-13-11-24(12-14-39)38-17-15-37(4)16-18-38;;/h7,10,19-20,22,24-25,40H,5-6,8-9,11-18H2,1-4H3,(H2,32,41)(H2,33,34,36);1H4;1H. The van der Waals surface area contributed by atoms with Gasteiger partial charge in [0.2, 0.25) is 0 Å². The lowest BCUT2D eigenvalue weighted by Gasteiger charge is -2.43. The first-order chi connectivity index (χ1) is 19.7. The fraction of sp³-hybridized carbons (Fsp3) is 0.656. The van der Waals surface area contributed by atoms with E-state index in [4.69, 9.17) is 10.7 Å². The number of piperidine rings is 1. The van der Waals surface area contributed by atoms with Crippen molar-refractivity contribution in [2.75, 3.05) is 61.8 Å². The van der Waals surface area contributed by atoms with E-state index in [1.165, 1.54) is 37.2 Å². The molecule has 5 N–H and O–H groups in total. The normalized spacial score (nSPS) is 22.0. The average Bonchev–Trinajstić information content (AvgIpc) is 2.95. The van der Waals surface area contributed by atoms with Gasteiger partial charge in [-0.05, 0) is 82.2 Å². The van der Waals surface area contributed by atoms with Gasteiger partial charge in [0, 0.05) is 62.7 Å². The fourth-order valence-electron chi connectivity index (χ4n) is 6.51. The molecule has 5 rings (SSSR count). The van der Waals surface area contributed by atoms with Crippen molar-refractivity contribution in [1.82, 2.24) is 19.8 Å². The van der Waals surface area contributed by atoms with Crippen LogP contribution in [0.5, 0.6) is 0 Å². The lowest BCUT2D eigenvalue weighted by molar-refractivity contribution is 0.0982. The predicted octanol–water partition coefficient (Wildman–Crippen LogP) is 4.47. The Morgan fingerprint density at radius 3 is 2.21 bits per heavy atom. The van der Waals surface area contributed by atoms with E-state index in [1.807, 2.05) is 19.9 Å². The summed E-state index contributed by atoms with van der Waals surface area (Å²) in [7, 11) is 2.21. The molecule has 240 valence electrons. The van der Waals surface area contributed by atoms with E-state index in [1.54, 1.807) is 0 Å². The van der Waals surface area contributed by atoms with Crippen LogP contribution in [-0.4, -0.2) is 95.3 Å². The molecule has 3 fully saturated rings. The van der Waals surface area contributed by atoms with Gasteiger partial charge < -0.3 is 31.3 Å². The summed E-state index contributed by atoms with van der Waals surface area (Å²) in [6, 6.07) is 7.22. The van der Waals surface area contributed by atoms with Crippen LogP contribution in [0.25, 0.3) is 0 Å². The lowest BCUT2D eigenvalue weighted by Crippen LogP contribution is -2.52. The zero-order chi connectivity index (χ0) is 29.1. The average molecular weight is 601 g/mol. The first-order valence-corrected chi connectivity index (χ1v) is 15.4. The Balaban J connectivity index is 0.00000253. The van der Waals surface area contributed by atoms with E-state index >= 15 is 0 Å². The minimum absolute atomic E-state index is 0. The Morgan fingerprint density at radius 1 is 0.977 bits per heavy atom. The number of aromatic nitrogens is 2. The second-order valence-electron chi connectivity index (χ2n) is 12.5. The molecule has 11 heteroatoms. The predicted molar refractivity (Wildman–Crippen MR) is 175 cm³/mol. The van der Waals surface area contributed by atoms with Gasteiger partial charge >= 0.3 is 0 Å². The summed E-state index contributed by atoms with van der Waals surface area (Å²) in [4.78, 5) is 29.6. The van der Waals surface area contributed by atoms with E-state index < -0.39 is 5.91 Å². The monoisotopic (exact) mass is 600 g/mol. The number of carbonyl (C=O) groups is 1. The number of nitrogens with two attached hydrogens (primary N) is 1.